The molecular formula is C16H13NO2. The normalized spacial score (nSPS) is 10.8. The molecule has 3 aromatic rings. The van der Waals surface area contributed by atoms with Crippen molar-refractivity contribution >= 4 is 16.7 Å². The monoisotopic (exact) mass is 251 g/mol. The summed E-state index contributed by atoms with van der Waals surface area (Å²) in [5.74, 6) is 0.773. The molecule has 0 amide bonds. The topological polar surface area (TPSA) is 43.1 Å². The summed E-state index contributed by atoms with van der Waals surface area (Å²) in [5.41, 5.74) is 2.30. The van der Waals surface area contributed by atoms with E-state index in [1.165, 1.54) is 6.26 Å². The molecule has 2 aromatic heterocycles. The summed E-state index contributed by atoms with van der Waals surface area (Å²) in [7, 11) is 0. The molecule has 0 atom stereocenters. The number of hydrogen-bond donors (Lipinski definition) is 0. The second kappa shape index (κ2) is 4.69. The van der Waals surface area contributed by atoms with Crippen LogP contribution in [0.1, 0.15) is 21.8 Å². The number of fused-ring (bicyclic) bond motifs is 1. The first kappa shape index (κ1) is 11.7. The fourth-order valence-electron chi connectivity index (χ4n) is 2.06. The van der Waals surface area contributed by atoms with Gasteiger partial charge in [-0.15, -0.1) is 0 Å². The highest BCUT2D eigenvalue weighted by atomic mass is 16.3. The lowest BCUT2D eigenvalue weighted by atomic mass is 10.1. The van der Waals surface area contributed by atoms with Crippen molar-refractivity contribution in [1.29, 1.82) is 0 Å². The van der Waals surface area contributed by atoms with Crippen LogP contribution in [-0.2, 0) is 6.42 Å². The summed E-state index contributed by atoms with van der Waals surface area (Å²) in [4.78, 5) is 16.6. The molecule has 1 aromatic carbocycles. The molecule has 2 heterocycles. The molecule has 0 fully saturated rings. The molecule has 0 radical (unpaired) electrons. The summed E-state index contributed by atoms with van der Waals surface area (Å²) < 4.78 is 5.15. The third-order valence-electron chi connectivity index (χ3n) is 3.05. The number of nitrogens with zero attached hydrogens (tertiary/aromatic N) is 1. The molecule has 3 rings (SSSR count). The van der Waals surface area contributed by atoms with Gasteiger partial charge in [0.2, 0.25) is 0 Å². The van der Waals surface area contributed by atoms with E-state index in [1.807, 2.05) is 43.3 Å². The minimum atomic E-state index is 0.0274. The van der Waals surface area contributed by atoms with Crippen LogP contribution in [0.25, 0.3) is 10.9 Å². The maximum Gasteiger partial charge on any atom is 0.172 e. The van der Waals surface area contributed by atoms with Gasteiger partial charge in [0.05, 0.1) is 17.5 Å². The predicted molar refractivity (Wildman–Crippen MR) is 73.2 cm³/mol. The Bertz CT molecular complexity index is 743. The van der Waals surface area contributed by atoms with Gasteiger partial charge >= 0.3 is 0 Å². The molecule has 94 valence electrons. The minimum Gasteiger partial charge on any atom is -0.469 e. The molecule has 0 aliphatic carbocycles. The van der Waals surface area contributed by atoms with Crippen LogP contribution in [0.2, 0.25) is 0 Å². The van der Waals surface area contributed by atoms with Gasteiger partial charge in [-0.2, -0.15) is 0 Å². The first-order chi connectivity index (χ1) is 9.22. The number of pyridine rings is 1. The van der Waals surface area contributed by atoms with Crippen molar-refractivity contribution in [3.05, 3.63) is 65.7 Å². The van der Waals surface area contributed by atoms with Gasteiger partial charge in [-0.3, -0.25) is 9.78 Å². The Balaban J connectivity index is 1.87. The second-order valence-corrected chi connectivity index (χ2v) is 4.54. The standard InChI is InChI=1S/C16H13NO2/c1-11-8-13(10-19-11)16(18)9-14-7-6-12-4-2-3-5-15(12)17-14/h2-8,10H,9H2,1H3. The van der Waals surface area contributed by atoms with Crippen molar-refractivity contribution in [1.82, 2.24) is 4.98 Å². The number of ketones is 1. The van der Waals surface area contributed by atoms with Crippen LogP contribution >= 0.6 is 0 Å². The van der Waals surface area contributed by atoms with E-state index in [2.05, 4.69) is 4.98 Å². The van der Waals surface area contributed by atoms with Gasteiger partial charge in [0.15, 0.2) is 5.78 Å². The summed E-state index contributed by atoms with van der Waals surface area (Å²) in [6.07, 6.45) is 1.79. The fraction of sp³-hybridized carbons (Fsp3) is 0.125. The Labute approximate surface area is 110 Å². The van der Waals surface area contributed by atoms with E-state index in [0.717, 1.165) is 22.4 Å². The van der Waals surface area contributed by atoms with Crippen molar-refractivity contribution in [3.63, 3.8) is 0 Å². The quantitative estimate of drug-likeness (QED) is 0.668. The first-order valence-corrected chi connectivity index (χ1v) is 6.15. The number of aromatic nitrogens is 1. The van der Waals surface area contributed by atoms with Gasteiger partial charge < -0.3 is 4.42 Å². The van der Waals surface area contributed by atoms with E-state index in [0.29, 0.717) is 12.0 Å². The van der Waals surface area contributed by atoms with E-state index in [-0.39, 0.29) is 5.78 Å². The number of Topliss-reactive ketones (excluding diaryl/α,β-unsaturated/α-hetero) is 1. The molecular weight excluding hydrogens is 238 g/mol. The highest BCUT2D eigenvalue weighted by molar-refractivity contribution is 5.97. The third kappa shape index (κ3) is 2.40. The van der Waals surface area contributed by atoms with Gasteiger partial charge in [0, 0.05) is 11.1 Å². The zero-order chi connectivity index (χ0) is 13.2. The molecule has 3 heteroatoms. The molecule has 0 spiro atoms. The Kier molecular flexibility index (Phi) is 2.88. The lowest BCUT2D eigenvalue weighted by Crippen LogP contribution is -2.03. The van der Waals surface area contributed by atoms with E-state index in [1.54, 1.807) is 6.07 Å². The van der Waals surface area contributed by atoms with E-state index < -0.39 is 0 Å². The molecule has 3 nitrogen and oxygen atoms in total. The number of carbonyl (C=O) groups excluding carboxylic acids is 1. The van der Waals surface area contributed by atoms with Crippen molar-refractivity contribution in [2.45, 2.75) is 13.3 Å². The zero-order valence-electron chi connectivity index (χ0n) is 10.6. The predicted octanol–water partition coefficient (Wildman–Crippen LogP) is 3.56. The average molecular weight is 251 g/mol. The SMILES string of the molecule is Cc1cc(C(=O)Cc2ccc3ccccc3n2)co1. The van der Waals surface area contributed by atoms with Crippen LogP contribution in [0, 0.1) is 6.92 Å². The van der Waals surface area contributed by atoms with Crippen LogP contribution in [0.15, 0.2) is 53.1 Å². The van der Waals surface area contributed by atoms with Crippen molar-refractivity contribution in [2.24, 2.45) is 0 Å². The lowest BCUT2D eigenvalue weighted by Gasteiger charge is -2.01. The second-order valence-electron chi connectivity index (χ2n) is 4.54. The summed E-state index contributed by atoms with van der Waals surface area (Å²) in [6, 6.07) is 13.5. The average Bonchev–Trinajstić information content (AvgIpc) is 2.85. The minimum absolute atomic E-state index is 0.0274. The first-order valence-electron chi connectivity index (χ1n) is 6.15. The molecule has 19 heavy (non-hydrogen) atoms. The Morgan fingerprint density at radius 3 is 2.84 bits per heavy atom. The number of furan rings is 1. The van der Waals surface area contributed by atoms with Crippen molar-refractivity contribution in [3.8, 4) is 0 Å². The maximum atomic E-state index is 12.1. The van der Waals surface area contributed by atoms with Crippen molar-refractivity contribution < 1.29 is 9.21 Å². The summed E-state index contributed by atoms with van der Waals surface area (Å²) in [6.45, 7) is 1.82. The zero-order valence-corrected chi connectivity index (χ0v) is 10.6. The molecule has 0 saturated heterocycles. The van der Waals surface area contributed by atoms with Crippen LogP contribution < -0.4 is 0 Å². The highest BCUT2D eigenvalue weighted by Crippen LogP contribution is 2.14. The molecule has 0 unspecified atom stereocenters. The van der Waals surface area contributed by atoms with Gasteiger partial charge in [0.1, 0.15) is 12.0 Å². The van der Waals surface area contributed by atoms with E-state index in [9.17, 15) is 4.79 Å². The molecule has 0 aliphatic rings. The van der Waals surface area contributed by atoms with Crippen LogP contribution in [0.5, 0.6) is 0 Å². The van der Waals surface area contributed by atoms with Gasteiger partial charge in [-0.05, 0) is 25.1 Å². The van der Waals surface area contributed by atoms with Crippen LogP contribution in [0.3, 0.4) is 0 Å². The Hall–Kier alpha value is -2.42. The molecule has 0 N–H and O–H groups in total. The number of rotatable bonds is 3. The number of para-hydroxylation sites is 1. The largest absolute Gasteiger partial charge is 0.469 e. The highest BCUT2D eigenvalue weighted by Gasteiger charge is 2.10. The van der Waals surface area contributed by atoms with Crippen molar-refractivity contribution in [2.75, 3.05) is 0 Å². The molecule has 0 bridgehead atoms. The number of aryl methyl sites for hydroxylation is 1. The third-order valence-corrected chi connectivity index (χ3v) is 3.05. The van der Waals surface area contributed by atoms with E-state index >= 15 is 0 Å². The van der Waals surface area contributed by atoms with Crippen LogP contribution in [-0.4, -0.2) is 10.8 Å². The van der Waals surface area contributed by atoms with Gasteiger partial charge in [-0.25, -0.2) is 0 Å². The van der Waals surface area contributed by atoms with Gasteiger partial charge in [-0.1, -0.05) is 24.3 Å². The number of benzene rings is 1. The maximum absolute atomic E-state index is 12.1. The summed E-state index contributed by atoms with van der Waals surface area (Å²) >= 11 is 0. The molecule has 0 saturated carbocycles. The number of hydrogen-bond acceptors (Lipinski definition) is 3. The molecule has 0 aliphatic heterocycles. The summed E-state index contributed by atoms with van der Waals surface area (Å²) in [5, 5.41) is 1.08. The van der Waals surface area contributed by atoms with Crippen LogP contribution in [0.4, 0.5) is 0 Å². The Morgan fingerprint density at radius 1 is 1.21 bits per heavy atom. The fourth-order valence-corrected chi connectivity index (χ4v) is 2.06. The Morgan fingerprint density at radius 2 is 2.05 bits per heavy atom. The van der Waals surface area contributed by atoms with E-state index in [4.69, 9.17) is 4.42 Å². The van der Waals surface area contributed by atoms with Gasteiger partial charge in [0.25, 0.3) is 0 Å². The lowest BCUT2D eigenvalue weighted by molar-refractivity contribution is 0.0991. The smallest absolute Gasteiger partial charge is 0.172 e. The number of carbonyl (C=O) groups is 1.